The molecule has 0 aromatic heterocycles. The lowest BCUT2D eigenvalue weighted by molar-refractivity contribution is 0.0713. The highest BCUT2D eigenvalue weighted by atomic mass is 16.2. The van der Waals surface area contributed by atoms with Crippen molar-refractivity contribution in [3.8, 4) is 0 Å². The van der Waals surface area contributed by atoms with E-state index in [1.165, 1.54) is 5.56 Å². The van der Waals surface area contributed by atoms with Crippen LogP contribution in [0.15, 0.2) is 54.6 Å². The van der Waals surface area contributed by atoms with Crippen molar-refractivity contribution in [3.63, 3.8) is 0 Å². The maximum Gasteiger partial charge on any atom is 0.253 e. The topological polar surface area (TPSA) is 20.3 Å². The number of likely N-dealkylation sites (tertiary alicyclic amines) is 1. The van der Waals surface area contributed by atoms with Crippen LogP contribution in [0, 0.1) is 6.07 Å². The largest absolute Gasteiger partial charge is 0.339 e. The second-order valence-corrected chi connectivity index (χ2v) is 5.27. The van der Waals surface area contributed by atoms with Crippen molar-refractivity contribution in [2.24, 2.45) is 0 Å². The molecule has 101 valence electrons. The molecule has 0 atom stereocenters. The van der Waals surface area contributed by atoms with Crippen LogP contribution in [0.1, 0.15) is 34.7 Å². The van der Waals surface area contributed by atoms with E-state index in [1.807, 2.05) is 17.0 Å². The molecule has 20 heavy (non-hydrogen) atoms. The molecule has 0 aliphatic carbocycles. The van der Waals surface area contributed by atoms with Gasteiger partial charge in [-0.1, -0.05) is 42.5 Å². The first-order chi connectivity index (χ1) is 9.84. The predicted molar refractivity (Wildman–Crippen MR) is 79.6 cm³/mol. The van der Waals surface area contributed by atoms with Crippen LogP contribution in [0.3, 0.4) is 0 Å². The van der Waals surface area contributed by atoms with Crippen molar-refractivity contribution in [2.75, 3.05) is 13.1 Å². The average Bonchev–Trinajstić information content (AvgIpc) is 2.56. The Hall–Kier alpha value is -2.09. The van der Waals surface area contributed by atoms with Gasteiger partial charge in [-0.25, -0.2) is 0 Å². The molecule has 0 saturated carbocycles. The molecule has 0 bridgehead atoms. The smallest absolute Gasteiger partial charge is 0.253 e. The van der Waals surface area contributed by atoms with Gasteiger partial charge in [-0.15, -0.1) is 0 Å². The van der Waals surface area contributed by atoms with Gasteiger partial charge in [0.05, 0.1) is 0 Å². The summed E-state index contributed by atoms with van der Waals surface area (Å²) in [4.78, 5) is 14.3. The summed E-state index contributed by atoms with van der Waals surface area (Å²) in [6, 6.07) is 20.8. The number of carbonyl (C=O) groups is 1. The SMILES string of the molecule is O=C(c1cc[c]cc1)N1CCC(c2ccccc2)CC1. The Morgan fingerprint density at radius 3 is 2.30 bits per heavy atom. The summed E-state index contributed by atoms with van der Waals surface area (Å²) in [5, 5.41) is 0. The van der Waals surface area contributed by atoms with E-state index < -0.39 is 0 Å². The fraction of sp³-hybridized carbons (Fsp3) is 0.278. The molecule has 2 nitrogen and oxygen atoms in total. The highest BCUT2D eigenvalue weighted by molar-refractivity contribution is 5.94. The number of hydrogen-bond acceptors (Lipinski definition) is 1. The van der Waals surface area contributed by atoms with Gasteiger partial charge in [-0.3, -0.25) is 4.79 Å². The van der Waals surface area contributed by atoms with Gasteiger partial charge in [0.15, 0.2) is 0 Å². The number of piperidine rings is 1. The monoisotopic (exact) mass is 264 g/mol. The summed E-state index contributed by atoms with van der Waals surface area (Å²) < 4.78 is 0. The quantitative estimate of drug-likeness (QED) is 0.813. The van der Waals surface area contributed by atoms with Gasteiger partial charge < -0.3 is 4.90 Å². The van der Waals surface area contributed by atoms with Crippen LogP contribution in [0.2, 0.25) is 0 Å². The summed E-state index contributed by atoms with van der Waals surface area (Å²) >= 11 is 0. The average molecular weight is 264 g/mol. The second-order valence-electron chi connectivity index (χ2n) is 5.27. The molecule has 0 unspecified atom stereocenters. The maximum absolute atomic E-state index is 12.4. The number of hydrogen-bond donors (Lipinski definition) is 0. The first-order valence-electron chi connectivity index (χ1n) is 7.15. The van der Waals surface area contributed by atoms with Crippen molar-refractivity contribution in [2.45, 2.75) is 18.8 Å². The lowest BCUT2D eigenvalue weighted by atomic mass is 9.89. The standard InChI is InChI=1S/C18H18NO/c20-18(17-9-5-2-6-10-17)19-13-11-16(12-14-19)15-7-3-1-4-8-15/h1,3-10,16H,11-14H2. The van der Waals surface area contributed by atoms with Crippen molar-refractivity contribution >= 4 is 5.91 Å². The molecule has 1 radical (unpaired) electrons. The van der Waals surface area contributed by atoms with E-state index in [0.29, 0.717) is 5.92 Å². The lowest BCUT2D eigenvalue weighted by Gasteiger charge is -2.32. The molecule has 1 saturated heterocycles. The Labute approximate surface area is 120 Å². The highest BCUT2D eigenvalue weighted by Gasteiger charge is 2.24. The van der Waals surface area contributed by atoms with Crippen molar-refractivity contribution < 1.29 is 4.79 Å². The molecule has 1 fully saturated rings. The van der Waals surface area contributed by atoms with Crippen LogP contribution < -0.4 is 0 Å². The van der Waals surface area contributed by atoms with E-state index in [-0.39, 0.29) is 5.91 Å². The highest BCUT2D eigenvalue weighted by Crippen LogP contribution is 2.28. The first kappa shape index (κ1) is 12.9. The number of carbonyl (C=O) groups excluding carboxylic acids is 1. The summed E-state index contributed by atoms with van der Waals surface area (Å²) in [5.74, 6) is 0.731. The lowest BCUT2D eigenvalue weighted by Crippen LogP contribution is -2.37. The van der Waals surface area contributed by atoms with Crippen molar-refractivity contribution in [3.05, 3.63) is 71.8 Å². The van der Waals surface area contributed by atoms with E-state index in [4.69, 9.17) is 0 Å². The third-order valence-corrected chi connectivity index (χ3v) is 4.02. The number of rotatable bonds is 2. The molecule has 2 aromatic rings. The molecule has 0 spiro atoms. The maximum atomic E-state index is 12.4. The molecule has 3 rings (SSSR count). The molecule has 1 aliphatic rings. The van der Waals surface area contributed by atoms with Crippen LogP contribution in [0.5, 0.6) is 0 Å². The van der Waals surface area contributed by atoms with Crippen molar-refractivity contribution in [1.29, 1.82) is 0 Å². The van der Waals surface area contributed by atoms with E-state index in [2.05, 4.69) is 36.4 Å². The summed E-state index contributed by atoms with van der Waals surface area (Å²) in [7, 11) is 0. The van der Waals surface area contributed by atoms with Gasteiger partial charge in [0, 0.05) is 18.7 Å². The number of benzene rings is 2. The Bertz CT molecular complexity index is 556. The molecule has 1 aliphatic heterocycles. The first-order valence-corrected chi connectivity index (χ1v) is 7.15. The molecular formula is C18H18NO. The van der Waals surface area contributed by atoms with Crippen LogP contribution in [0.4, 0.5) is 0 Å². The summed E-state index contributed by atoms with van der Waals surface area (Å²) in [6.07, 6.45) is 2.10. The molecule has 1 amide bonds. The van der Waals surface area contributed by atoms with Crippen LogP contribution in [0.25, 0.3) is 0 Å². The third kappa shape index (κ3) is 2.74. The minimum absolute atomic E-state index is 0.144. The van der Waals surface area contributed by atoms with Crippen molar-refractivity contribution in [1.82, 2.24) is 4.90 Å². The summed E-state index contributed by atoms with van der Waals surface area (Å²) in [5.41, 5.74) is 2.16. The minimum Gasteiger partial charge on any atom is -0.339 e. The molecule has 0 N–H and O–H groups in total. The zero-order chi connectivity index (χ0) is 13.8. The Balaban J connectivity index is 1.63. The normalized spacial score (nSPS) is 16.1. The van der Waals surface area contributed by atoms with Gasteiger partial charge >= 0.3 is 0 Å². The Morgan fingerprint density at radius 2 is 1.65 bits per heavy atom. The van der Waals surface area contributed by atoms with E-state index in [1.54, 1.807) is 12.1 Å². The van der Waals surface area contributed by atoms with E-state index in [0.717, 1.165) is 31.5 Å². The molecular weight excluding hydrogens is 246 g/mol. The van der Waals surface area contributed by atoms with Crippen LogP contribution >= 0.6 is 0 Å². The predicted octanol–water partition coefficient (Wildman–Crippen LogP) is 3.51. The summed E-state index contributed by atoms with van der Waals surface area (Å²) in [6.45, 7) is 1.69. The van der Waals surface area contributed by atoms with E-state index >= 15 is 0 Å². The van der Waals surface area contributed by atoms with Gasteiger partial charge in [-0.2, -0.15) is 0 Å². The van der Waals surface area contributed by atoms with E-state index in [9.17, 15) is 4.79 Å². The second kappa shape index (κ2) is 5.91. The van der Waals surface area contributed by atoms with Gasteiger partial charge in [0.2, 0.25) is 0 Å². The van der Waals surface area contributed by atoms with Crippen LogP contribution in [-0.4, -0.2) is 23.9 Å². The Morgan fingerprint density at radius 1 is 1.00 bits per heavy atom. The van der Waals surface area contributed by atoms with Gasteiger partial charge in [-0.05, 0) is 42.5 Å². The van der Waals surface area contributed by atoms with Gasteiger partial charge in [0.1, 0.15) is 0 Å². The number of nitrogens with zero attached hydrogens (tertiary/aromatic N) is 1. The third-order valence-electron chi connectivity index (χ3n) is 4.02. The Kier molecular flexibility index (Phi) is 3.82. The molecule has 2 aromatic carbocycles. The zero-order valence-electron chi connectivity index (χ0n) is 11.5. The fourth-order valence-electron chi connectivity index (χ4n) is 2.85. The zero-order valence-corrected chi connectivity index (χ0v) is 11.5. The molecule has 1 heterocycles. The fourth-order valence-corrected chi connectivity index (χ4v) is 2.85. The number of amides is 1. The van der Waals surface area contributed by atoms with Crippen LogP contribution in [-0.2, 0) is 0 Å². The van der Waals surface area contributed by atoms with Gasteiger partial charge in [0.25, 0.3) is 5.91 Å². The minimum atomic E-state index is 0.144. The molecule has 2 heteroatoms.